The summed E-state index contributed by atoms with van der Waals surface area (Å²) >= 11 is 5.68. The molecule has 4 rings (SSSR count). The van der Waals surface area contributed by atoms with E-state index in [-0.39, 0.29) is 5.41 Å². The van der Waals surface area contributed by atoms with Crippen LogP contribution in [0.4, 0.5) is 5.69 Å². The van der Waals surface area contributed by atoms with Gasteiger partial charge in [-0.15, -0.1) is 5.10 Å². The average molecular weight is 486 g/mol. The number of rotatable bonds is 5. The molecule has 0 radical (unpaired) electrons. The van der Waals surface area contributed by atoms with Gasteiger partial charge in [0.15, 0.2) is 10.6 Å². The second kappa shape index (κ2) is 8.38. The van der Waals surface area contributed by atoms with Gasteiger partial charge in [-0.05, 0) is 53.4 Å². The zero-order chi connectivity index (χ0) is 24.1. The molecule has 7 nitrogen and oxygen atoms in total. The molecule has 2 heterocycles. The predicted molar refractivity (Wildman–Crippen MR) is 135 cm³/mol. The van der Waals surface area contributed by atoms with Crippen LogP contribution in [0.5, 0.6) is 0 Å². The second-order valence-corrected chi connectivity index (χ2v) is 12.2. The monoisotopic (exact) mass is 485 g/mol. The van der Waals surface area contributed by atoms with Crippen LogP contribution in [-0.4, -0.2) is 47.7 Å². The lowest BCUT2D eigenvalue weighted by Crippen LogP contribution is -2.25. The summed E-state index contributed by atoms with van der Waals surface area (Å²) < 4.78 is 30.6. The van der Waals surface area contributed by atoms with Crippen LogP contribution in [0.2, 0.25) is 0 Å². The molecule has 0 saturated carbocycles. The van der Waals surface area contributed by atoms with Gasteiger partial charge in [-0.1, -0.05) is 45.0 Å². The number of hydrogen-bond acceptors (Lipinski definition) is 5. The van der Waals surface area contributed by atoms with Gasteiger partial charge in [0.2, 0.25) is 10.0 Å². The first-order valence-electron chi connectivity index (χ1n) is 10.9. The van der Waals surface area contributed by atoms with Crippen molar-refractivity contribution in [3.8, 4) is 11.4 Å². The number of hydrogen-bond donors (Lipinski definition) is 0. The Morgan fingerprint density at radius 2 is 1.76 bits per heavy atom. The first-order chi connectivity index (χ1) is 15.4. The van der Waals surface area contributed by atoms with E-state index in [0.717, 1.165) is 35.6 Å². The van der Waals surface area contributed by atoms with Crippen molar-refractivity contribution in [1.29, 1.82) is 0 Å². The van der Waals surface area contributed by atoms with Gasteiger partial charge in [0.05, 0.1) is 4.90 Å². The summed E-state index contributed by atoms with van der Waals surface area (Å²) in [5.74, 6) is 0.826. The normalized spacial score (nSPS) is 14.2. The third-order valence-electron chi connectivity index (χ3n) is 6.18. The Kier molecular flexibility index (Phi) is 6.01. The van der Waals surface area contributed by atoms with Crippen LogP contribution in [0, 0.1) is 4.77 Å². The fourth-order valence-corrected chi connectivity index (χ4v) is 5.21. The molecule has 0 fully saturated rings. The van der Waals surface area contributed by atoms with E-state index >= 15 is 0 Å². The van der Waals surface area contributed by atoms with E-state index in [1.807, 2.05) is 22.4 Å². The zero-order valence-electron chi connectivity index (χ0n) is 20.0. The molecule has 33 heavy (non-hydrogen) atoms. The topological polar surface area (TPSA) is 63.4 Å². The molecule has 0 atom stereocenters. The number of fused-ring (bicyclic) bond motifs is 1. The summed E-state index contributed by atoms with van der Waals surface area (Å²) in [6.07, 6.45) is 0.785. The van der Waals surface area contributed by atoms with Crippen LogP contribution in [0.25, 0.3) is 11.4 Å². The molecule has 0 unspecified atom stereocenters. The summed E-state index contributed by atoms with van der Waals surface area (Å²) in [5, 5.41) is 4.82. The molecule has 0 N–H and O–H groups in total. The Hall–Kier alpha value is -2.49. The van der Waals surface area contributed by atoms with E-state index in [1.165, 1.54) is 9.87 Å². The molecule has 0 saturated heterocycles. The summed E-state index contributed by atoms with van der Waals surface area (Å²) in [5.41, 5.74) is 4.44. The fraction of sp³-hybridized carbons (Fsp3) is 0.417. The van der Waals surface area contributed by atoms with Crippen LogP contribution in [-0.2, 0) is 35.6 Å². The minimum Gasteiger partial charge on any atom is -0.351 e. The Morgan fingerprint density at radius 1 is 1.09 bits per heavy atom. The number of benzene rings is 2. The average Bonchev–Trinajstić information content (AvgIpc) is 3.29. The Morgan fingerprint density at radius 3 is 2.36 bits per heavy atom. The first kappa shape index (κ1) is 23.7. The van der Waals surface area contributed by atoms with Crippen molar-refractivity contribution in [3.05, 3.63) is 58.4 Å². The molecule has 9 heteroatoms. The van der Waals surface area contributed by atoms with Gasteiger partial charge in [-0.2, -0.15) is 0 Å². The lowest BCUT2D eigenvalue weighted by atomic mass is 9.87. The van der Waals surface area contributed by atoms with Crippen LogP contribution in [0.1, 0.15) is 31.9 Å². The molecular formula is C24H31N5O2S2. The van der Waals surface area contributed by atoms with Crippen LogP contribution < -0.4 is 4.90 Å². The van der Waals surface area contributed by atoms with Crippen molar-refractivity contribution in [1.82, 2.24) is 18.7 Å². The first-order valence-corrected chi connectivity index (χ1v) is 12.8. The lowest BCUT2D eigenvalue weighted by Gasteiger charge is -2.19. The summed E-state index contributed by atoms with van der Waals surface area (Å²) in [4.78, 5) is 2.51. The number of aromatic nitrogens is 3. The van der Waals surface area contributed by atoms with Gasteiger partial charge in [0.1, 0.15) is 6.67 Å². The molecule has 1 aliphatic heterocycles. The molecular weight excluding hydrogens is 454 g/mol. The van der Waals surface area contributed by atoms with Crippen LogP contribution in [0.15, 0.2) is 47.4 Å². The minimum absolute atomic E-state index is 0.0954. The molecule has 1 aromatic heterocycles. The maximum Gasteiger partial charge on any atom is 0.242 e. The van der Waals surface area contributed by atoms with Crippen molar-refractivity contribution in [3.63, 3.8) is 0 Å². The smallest absolute Gasteiger partial charge is 0.242 e. The molecule has 0 spiro atoms. The number of anilines is 1. The number of sulfonamides is 1. The van der Waals surface area contributed by atoms with Crippen LogP contribution in [0.3, 0.4) is 0 Å². The standard InChI is InChI=1S/C24H31N5O2S2/c1-24(2,3)19-9-7-17(8-10-19)22-25-29(23(32)27(22)6)16-28-14-13-18-15-20(11-12-21(18)28)33(30,31)26(4)5/h7-12,15H,13-14,16H2,1-6H3. The van der Waals surface area contributed by atoms with E-state index in [1.54, 1.807) is 26.2 Å². The van der Waals surface area contributed by atoms with E-state index in [9.17, 15) is 8.42 Å². The van der Waals surface area contributed by atoms with E-state index in [0.29, 0.717) is 16.3 Å². The van der Waals surface area contributed by atoms with Crippen molar-refractivity contribution in [2.45, 2.75) is 44.2 Å². The highest BCUT2D eigenvalue weighted by molar-refractivity contribution is 7.89. The quantitative estimate of drug-likeness (QED) is 0.507. The van der Waals surface area contributed by atoms with Crippen molar-refractivity contribution in [2.75, 3.05) is 25.5 Å². The lowest BCUT2D eigenvalue weighted by molar-refractivity contribution is 0.520. The van der Waals surface area contributed by atoms with E-state index in [2.05, 4.69) is 49.9 Å². The molecule has 2 aromatic carbocycles. The molecule has 1 aliphatic rings. The maximum atomic E-state index is 12.5. The predicted octanol–water partition coefficient (Wildman–Crippen LogP) is 4.19. The van der Waals surface area contributed by atoms with Gasteiger partial charge >= 0.3 is 0 Å². The van der Waals surface area contributed by atoms with Gasteiger partial charge in [-0.3, -0.25) is 0 Å². The largest absolute Gasteiger partial charge is 0.351 e. The molecule has 0 amide bonds. The third-order valence-corrected chi connectivity index (χ3v) is 8.47. The van der Waals surface area contributed by atoms with E-state index < -0.39 is 10.0 Å². The summed E-state index contributed by atoms with van der Waals surface area (Å²) in [6, 6.07) is 13.8. The zero-order valence-corrected chi connectivity index (χ0v) is 21.7. The summed E-state index contributed by atoms with van der Waals surface area (Å²) in [7, 11) is 1.59. The minimum atomic E-state index is -3.45. The number of nitrogens with zero attached hydrogens (tertiary/aromatic N) is 5. The highest BCUT2D eigenvalue weighted by atomic mass is 32.2. The Labute approximate surface area is 201 Å². The molecule has 0 bridgehead atoms. The van der Waals surface area contributed by atoms with Gasteiger partial charge in [0.25, 0.3) is 0 Å². The van der Waals surface area contributed by atoms with E-state index in [4.69, 9.17) is 17.3 Å². The molecule has 176 valence electrons. The molecule has 0 aliphatic carbocycles. The second-order valence-electron chi connectivity index (χ2n) is 9.72. The molecule has 3 aromatic rings. The van der Waals surface area contributed by atoms with Crippen molar-refractivity contribution < 1.29 is 8.42 Å². The Balaban J connectivity index is 1.60. The summed E-state index contributed by atoms with van der Waals surface area (Å²) in [6.45, 7) is 7.90. The van der Waals surface area contributed by atoms with Crippen molar-refractivity contribution in [2.24, 2.45) is 7.05 Å². The highest BCUT2D eigenvalue weighted by Crippen LogP contribution is 2.31. The fourth-order valence-electron chi connectivity index (χ4n) is 4.08. The van der Waals surface area contributed by atoms with Gasteiger partial charge < -0.3 is 9.47 Å². The van der Waals surface area contributed by atoms with Crippen molar-refractivity contribution >= 4 is 27.9 Å². The third kappa shape index (κ3) is 4.37. The Bertz CT molecular complexity index is 1350. The SMILES string of the molecule is CN(C)S(=O)(=O)c1ccc2c(c1)CCN2Cn1nc(-c2ccc(C(C)(C)C)cc2)n(C)c1=S. The van der Waals surface area contributed by atoms with Gasteiger partial charge in [-0.25, -0.2) is 17.4 Å². The highest BCUT2D eigenvalue weighted by Gasteiger charge is 2.25. The van der Waals surface area contributed by atoms with Gasteiger partial charge in [0, 0.05) is 38.9 Å². The van der Waals surface area contributed by atoms with Crippen LogP contribution >= 0.6 is 12.2 Å². The maximum absolute atomic E-state index is 12.5.